The number of nitrogens with one attached hydrogen (secondary N) is 1. The van der Waals surface area contributed by atoms with Gasteiger partial charge in [0.25, 0.3) is 0 Å². The molecule has 1 aliphatic heterocycles. The first kappa shape index (κ1) is 22.6. The van der Waals surface area contributed by atoms with E-state index in [2.05, 4.69) is 20.9 Å². The minimum atomic E-state index is -0.964. The van der Waals surface area contributed by atoms with Crippen LogP contribution in [0.2, 0.25) is 0 Å². The van der Waals surface area contributed by atoms with E-state index in [9.17, 15) is 15.0 Å². The van der Waals surface area contributed by atoms with Crippen molar-refractivity contribution in [2.24, 2.45) is 0 Å². The number of benzene rings is 2. The van der Waals surface area contributed by atoms with Crippen LogP contribution in [0.3, 0.4) is 0 Å². The first-order valence-corrected chi connectivity index (χ1v) is 11.6. The summed E-state index contributed by atoms with van der Waals surface area (Å²) in [4.78, 5) is 18.2. The number of thiocarbonyl (C=S) groups is 1. The lowest BCUT2D eigenvalue weighted by molar-refractivity contribution is 0.0697. The lowest BCUT2D eigenvalue weighted by atomic mass is 9.96. The molecule has 1 saturated heterocycles. The predicted octanol–water partition coefficient (Wildman–Crippen LogP) is 5.07. The van der Waals surface area contributed by atoms with E-state index in [-0.39, 0.29) is 23.4 Å². The molecule has 0 aliphatic carbocycles. The number of aromatic nitrogens is 2. The molecule has 4 aromatic rings. The van der Waals surface area contributed by atoms with Crippen LogP contribution in [-0.2, 0) is 0 Å². The minimum Gasteiger partial charge on any atom is -0.508 e. The van der Waals surface area contributed by atoms with Crippen molar-refractivity contribution in [3.8, 4) is 11.4 Å². The molecule has 3 N–H and O–H groups in total. The Kier molecular flexibility index (Phi) is 5.74. The van der Waals surface area contributed by atoms with E-state index in [1.807, 2.05) is 55.1 Å². The number of aromatic carboxylic acids is 1. The highest BCUT2D eigenvalue weighted by atomic mass is 32.1. The number of nitrogens with zero attached hydrogens (tertiary/aromatic N) is 3. The Morgan fingerprint density at radius 1 is 1.00 bits per heavy atom. The number of hydrogen-bond acceptors (Lipinski definition) is 4. The van der Waals surface area contributed by atoms with Gasteiger partial charge in [0.2, 0.25) is 0 Å². The molecule has 2 aromatic heterocycles. The second kappa shape index (κ2) is 8.88. The molecule has 0 amide bonds. The molecule has 5 rings (SSSR count). The summed E-state index contributed by atoms with van der Waals surface area (Å²) < 4.78 is 2.06. The molecule has 0 spiro atoms. The molecule has 35 heavy (non-hydrogen) atoms. The molecule has 3 heterocycles. The molecule has 1 aliphatic rings. The molecule has 1 fully saturated rings. The number of aromatic hydroxyl groups is 1. The van der Waals surface area contributed by atoms with Gasteiger partial charge in [-0.05, 0) is 92.3 Å². The molecule has 0 radical (unpaired) electrons. The van der Waals surface area contributed by atoms with Crippen molar-refractivity contribution < 1.29 is 15.0 Å². The van der Waals surface area contributed by atoms with Gasteiger partial charge >= 0.3 is 5.97 Å². The van der Waals surface area contributed by atoms with Crippen molar-refractivity contribution in [2.45, 2.75) is 25.9 Å². The molecule has 2 atom stereocenters. The Morgan fingerprint density at radius 3 is 2.46 bits per heavy atom. The lowest BCUT2D eigenvalue weighted by Crippen LogP contribution is -2.29. The minimum absolute atomic E-state index is 0.182. The molecule has 2 aromatic carbocycles. The number of carboxylic acid groups (broad SMARTS) is 1. The predicted molar refractivity (Wildman–Crippen MR) is 138 cm³/mol. The van der Waals surface area contributed by atoms with Crippen LogP contribution in [-0.4, -0.2) is 30.8 Å². The largest absolute Gasteiger partial charge is 0.508 e. The van der Waals surface area contributed by atoms with Gasteiger partial charge in [0.1, 0.15) is 5.75 Å². The standard InChI is InChI=1S/C27H24N4O3S/c1-16-14-22(17(2)30(16)20-7-5-6-18(15-20)26(33)34)25-24(23-8-3-4-13-28-23)29-27(35)31(25)19-9-11-21(32)12-10-19/h3-15,24-25,32H,1-2H3,(H,29,35)(H,33,34)/t24-,25+/m0/s1. The monoisotopic (exact) mass is 484 g/mol. The van der Waals surface area contributed by atoms with Crippen molar-refractivity contribution in [2.75, 3.05) is 4.90 Å². The van der Waals surface area contributed by atoms with E-state index < -0.39 is 5.97 Å². The van der Waals surface area contributed by atoms with Gasteiger partial charge in [-0.15, -0.1) is 0 Å². The second-order valence-corrected chi connectivity index (χ2v) is 8.92. The Morgan fingerprint density at radius 2 is 1.77 bits per heavy atom. The maximum Gasteiger partial charge on any atom is 0.335 e. The number of rotatable bonds is 5. The lowest BCUT2D eigenvalue weighted by Gasteiger charge is -2.28. The van der Waals surface area contributed by atoms with Crippen LogP contribution in [0, 0.1) is 13.8 Å². The second-order valence-electron chi connectivity index (χ2n) is 8.53. The first-order valence-electron chi connectivity index (χ1n) is 11.2. The highest BCUT2D eigenvalue weighted by Crippen LogP contribution is 2.44. The van der Waals surface area contributed by atoms with Crippen molar-refractivity contribution in [3.63, 3.8) is 0 Å². The zero-order valence-electron chi connectivity index (χ0n) is 19.2. The summed E-state index contributed by atoms with van der Waals surface area (Å²) in [6, 6.07) is 21.4. The molecule has 176 valence electrons. The zero-order valence-corrected chi connectivity index (χ0v) is 20.0. The molecular weight excluding hydrogens is 460 g/mol. The van der Waals surface area contributed by atoms with Gasteiger partial charge in [-0.3, -0.25) is 4.98 Å². The first-order chi connectivity index (χ1) is 16.8. The van der Waals surface area contributed by atoms with E-state index in [4.69, 9.17) is 12.2 Å². The summed E-state index contributed by atoms with van der Waals surface area (Å²) in [7, 11) is 0. The third kappa shape index (κ3) is 4.02. The molecule has 0 unspecified atom stereocenters. The van der Waals surface area contributed by atoms with E-state index in [0.29, 0.717) is 5.11 Å². The van der Waals surface area contributed by atoms with Crippen LogP contribution >= 0.6 is 12.2 Å². The average Bonchev–Trinajstić information content (AvgIpc) is 3.35. The van der Waals surface area contributed by atoms with Gasteiger partial charge in [-0.2, -0.15) is 0 Å². The average molecular weight is 485 g/mol. The van der Waals surface area contributed by atoms with Gasteiger partial charge in [0, 0.05) is 29.0 Å². The van der Waals surface area contributed by atoms with Crippen LogP contribution in [0.4, 0.5) is 5.69 Å². The number of carboxylic acids is 1. The van der Waals surface area contributed by atoms with Gasteiger partial charge in [-0.25, -0.2) is 4.79 Å². The number of aryl methyl sites for hydroxylation is 1. The van der Waals surface area contributed by atoms with Crippen molar-refractivity contribution in [3.05, 3.63) is 107 Å². The summed E-state index contributed by atoms with van der Waals surface area (Å²) >= 11 is 5.78. The smallest absolute Gasteiger partial charge is 0.335 e. The zero-order chi connectivity index (χ0) is 24.7. The van der Waals surface area contributed by atoms with Crippen LogP contribution in [0.25, 0.3) is 5.69 Å². The number of pyridine rings is 1. The van der Waals surface area contributed by atoms with Crippen molar-refractivity contribution in [1.29, 1.82) is 0 Å². The maximum atomic E-state index is 11.6. The third-order valence-electron chi connectivity index (χ3n) is 6.37. The third-order valence-corrected chi connectivity index (χ3v) is 6.68. The molecule has 0 saturated carbocycles. The van der Waals surface area contributed by atoms with Crippen molar-refractivity contribution in [1.82, 2.24) is 14.9 Å². The number of phenols is 1. The fourth-order valence-corrected chi connectivity index (χ4v) is 5.17. The molecular formula is C27H24N4O3S. The Hall–Kier alpha value is -4.17. The Balaban J connectivity index is 1.67. The fraction of sp³-hybridized carbons (Fsp3) is 0.148. The Bertz CT molecular complexity index is 1420. The van der Waals surface area contributed by atoms with Gasteiger partial charge in [-0.1, -0.05) is 12.1 Å². The molecule has 7 nitrogen and oxygen atoms in total. The van der Waals surface area contributed by atoms with Crippen LogP contribution in [0.1, 0.15) is 45.1 Å². The summed E-state index contributed by atoms with van der Waals surface area (Å²) in [5, 5.41) is 23.3. The number of carbonyl (C=O) groups is 1. The van der Waals surface area contributed by atoms with Crippen LogP contribution in [0.5, 0.6) is 5.75 Å². The van der Waals surface area contributed by atoms with E-state index in [0.717, 1.165) is 34.0 Å². The van der Waals surface area contributed by atoms with E-state index >= 15 is 0 Å². The summed E-state index contributed by atoms with van der Waals surface area (Å²) in [5.41, 5.74) is 5.72. The highest BCUT2D eigenvalue weighted by Gasteiger charge is 2.42. The van der Waals surface area contributed by atoms with Crippen LogP contribution < -0.4 is 10.2 Å². The number of phenolic OH excluding ortho intramolecular Hbond substituents is 1. The Labute approximate surface area is 208 Å². The SMILES string of the molecule is Cc1cc([C@@H]2[C@H](c3ccccn3)NC(=S)N2c2ccc(O)cc2)c(C)n1-c1cccc(C(=O)O)c1. The fourth-order valence-electron chi connectivity index (χ4n) is 4.82. The summed E-state index contributed by atoms with van der Waals surface area (Å²) in [5.74, 6) is -0.783. The normalized spacial score (nSPS) is 17.4. The number of anilines is 1. The van der Waals surface area contributed by atoms with Crippen LogP contribution in [0.15, 0.2) is 79.0 Å². The topological polar surface area (TPSA) is 90.6 Å². The van der Waals surface area contributed by atoms with Gasteiger partial charge in [0.05, 0.1) is 23.3 Å². The quantitative estimate of drug-likeness (QED) is 0.341. The number of hydrogen-bond donors (Lipinski definition) is 3. The van der Waals surface area contributed by atoms with E-state index in [1.165, 1.54) is 0 Å². The summed E-state index contributed by atoms with van der Waals surface area (Å²) in [6.45, 7) is 4.03. The highest BCUT2D eigenvalue weighted by molar-refractivity contribution is 7.80. The summed E-state index contributed by atoms with van der Waals surface area (Å²) in [6.07, 6.45) is 1.76. The van der Waals surface area contributed by atoms with E-state index in [1.54, 1.807) is 36.5 Å². The van der Waals surface area contributed by atoms with Gasteiger partial charge < -0.3 is 25.0 Å². The van der Waals surface area contributed by atoms with Crippen molar-refractivity contribution >= 4 is 29.0 Å². The van der Waals surface area contributed by atoms with Gasteiger partial charge in [0.15, 0.2) is 5.11 Å². The molecule has 8 heteroatoms. The maximum absolute atomic E-state index is 11.6. The molecule has 0 bridgehead atoms.